The molecule has 0 saturated heterocycles. The molecule has 0 aliphatic heterocycles. The largest absolute Gasteiger partial charge is 0.461 e. The van der Waals surface area contributed by atoms with E-state index in [4.69, 9.17) is 14.2 Å². The van der Waals surface area contributed by atoms with Gasteiger partial charge >= 0.3 is 17.9 Å². The van der Waals surface area contributed by atoms with Crippen LogP contribution in [0.25, 0.3) is 6.08 Å². The van der Waals surface area contributed by atoms with E-state index in [2.05, 4.69) is 6.58 Å². The highest BCUT2D eigenvalue weighted by atomic mass is 16.6. The van der Waals surface area contributed by atoms with E-state index in [1.807, 2.05) is 58.0 Å². The fraction of sp³-hybridized carbons (Fsp3) is 0.474. The van der Waals surface area contributed by atoms with Crippen molar-refractivity contribution in [2.24, 2.45) is 33.5 Å². The van der Waals surface area contributed by atoms with Crippen LogP contribution in [0.4, 0.5) is 0 Å². The maximum absolute atomic E-state index is 13.9. The second kappa shape index (κ2) is 11.0. The number of Topliss-reactive ketones (excluding diaryl/α,β-unsaturated/α-hetero) is 1. The molecule has 8 nitrogen and oxygen atoms in total. The molecule has 6 rings (SSSR count). The van der Waals surface area contributed by atoms with Crippen LogP contribution in [-0.4, -0.2) is 53.2 Å². The third kappa shape index (κ3) is 4.08. The predicted molar refractivity (Wildman–Crippen MR) is 170 cm³/mol. The molecule has 46 heavy (non-hydrogen) atoms. The quantitative estimate of drug-likeness (QED) is 0.187. The van der Waals surface area contributed by atoms with Crippen molar-refractivity contribution in [2.75, 3.05) is 0 Å². The summed E-state index contributed by atoms with van der Waals surface area (Å²) >= 11 is 0. The summed E-state index contributed by atoms with van der Waals surface area (Å²) in [6.45, 7) is 13.7. The number of ketones is 1. The fourth-order valence-corrected chi connectivity index (χ4v) is 10.5. The van der Waals surface area contributed by atoms with Crippen molar-refractivity contribution >= 4 is 29.8 Å². The zero-order chi connectivity index (χ0) is 33.2. The number of carbonyl (C=O) groups excluding carboxylic acids is 4. The third-order valence-corrected chi connectivity index (χ3v) is 12.1. The molecule has 4 fully saturated rings. The van der Waals surface area contributed by atoms with Crippen LogP contribution in [0, 0.1) is 33.5 Å². The summed E-state index contributed by atoms with van der Waals surface area (Å²) in [5, 5.41) is 12.7. The average molecular weight is 627 g/mol. The summed E-state index contributed by atoms with van der Waals surface area (Å²) in [6.07, 6.45) is -0.194. The number of hydrogen-bond acceptors (Lipinski definition) is 8. The lowest BCUT2D eigenvalue weighted by atomic mass is 9.42. The highest BCUT2D eigenvalue weighted by Crippen LogP contribution is 2.86. The van der Waals surface area contributed by atoms with E-state index < -0.39 is 75.8 Å². The van der Waals surface area contributed by atoms with Crippen LogP contribution in [0.3, 0.4) is 0 Å². The Bertz CT molecular complexity index is 1610. The topological polar surface area (TPSA) is 116 Å². The van der Waals surface area contributed by atoms with Crippen LogP contribution in [0.2, 0.25) is 0 Å². The molecule has 0 unspecified atom stereocenters. The molecule has 9 atom stereocenters. The normalized spacial score (nSPS) is 37.3. The van der Waals surface area contributed by atoms with Crippen molar-refractivity contribution in [2.45, 2.75) is 78.3 Å². The van der Waals surface area contributed by atoms with Gasteiger partial charge in [0.05, 0.1) is 17.1 Å². The van der Waals surface area contributed by atoms with Crippen molar-refractivity contribution in [1.29, 1.82) is 0 Å². The van der Waals surface area contributed by atoms with Crippen LogP contribution in [-0.2, 0) is 28.6 Å². The van der Waals surface area contributed by atoms with E-state index in [1.165, 1.54) is 13.0 Å². The Morgan fingerprint density at radius 3 is 2.20 bits per heavy atom. The molecule has 2 spiro atoms. The van der Waals surface area contributed by atoms with E-state index in [-0.39, 0.29) is 12.2 Å². The summed E-state index contributed by atoms with van der Waals surface area (Å²) in [6, 6.07) is 17.9. The van der Waals surface area contributed by atoms with Gasteiger partial charge in [-0.3, -0.25) is 9.59 Å². The van der Waals surface area contributed by atoms with E-state index in [1.54, 1.807) is 36.4 Å². The number of carbonyl (C=O) groups is 4. The van der Waals surface area contributed by atoms with Gasteiger partial charge in [0.1, 0.15) is 24.1 Å². The van der Waals surface area contributed by atoms with Gasteiger partial charge < -0.3 is 19.3 Å². The lowest BCUT2D eigenvalue weighted by Crippen LogP contribution is -2.63. The number of fused-ring (bicyclic) bond motifs is 1. The summed E-state index contributed by atoms with van der Waals surface area (Å²) < 4.78 is 18.6. The van der Waals surface area contributed by atoms with Gasteiger partial charge in [-0.25, -0.2) is 9.59 Å². The lowest BCUT2D eigenvalue weighted by molar-refractivity contribution is -0.180. The van der Waals surface area contributed by atoms with Gasteiger partial charge in [-0.05, 0) is 47.6 Å². The minimum Gasteiger partial charge on any atom is -0.461 e. The van der Waals surface area contributed by atoms with Crippen molar-refractivity contribution < 1.29 is 38.5 Å². The van der Waals surface area contributed by atoms with Crippen molar-refractivity contribution in [1.82, 2.24) is 0 Å². The monoisotopic (exact) mass is 626 g/mol. The maximum Gasteiger partial charge on any atom is 0.338 e. The summed E-state index contributed by atoms with van der Waals surface area (Å²) in [4.78, 5) is 53.6. The molecule has 4 aliphatic rings. The van der Waals surface area contributed by atoms with Gasteiger partial charge in [0.2, 0.25) is 0 Å². The number of hydrogen-bond donors (Lipinski definition) is 1. The van der Waals surface area contributed by atoms with Crippen molar-refractivity contribution in [3.63, 3.8) is 0 Å². The summed E-state index contributed by atoms with van der Waals surface area (Å²) in [5.41, 5.74) is -2.73. The van der Waals surface area contributed by atoms with Crippen LogP contribution < -0.4 is 0 Å². The van der Waals surface area contributed by atoms with Gasteiger partial charge in [0, 0.05) is 42.1 Å². The van der Waals surface area contributed by atoms with Crippen LogP contribution >= 0.6 is 0 Å². The van der Waals surface area contributed by atoms with Crippen LogP contribution in [0.5, 0.6) is 0 Å². The Labute approximate surface area is 269 Å². The Kier molecular flexibility index (Phi) is 7.66. The maximum atomic E-state index is 13.9. The number of esters is 3. The highest BCUT2D eigenvalue weighted by Gasteiger charge is 2.91. The first-order valence-corrected chi connectivity index (χ1v) is 16.0. The van der Waals surface area contributed by atoms with Crippen LogP contribution in [0.15, 0.2) is 78.9 Å². The Morgan fingerprint density at radius 2 is 1.57 bits per heavy atom. The van der Waals surface area contributed by atoms with Gasteiger partial charge in [-0.15, -0.1) is 0 Å². The van der Waals surface area contributed by atoms with Gasteiger partial charge in [0.25, 0.3) is 0 Å². The molecule has 2 aromatic rings. The molecule has 0 aromatic heterocycles. The lowest BCUT2D eigenvalue weighted by Gasteiger charge is -2.60. The second-order valence-corrected chi connectivity index (χ2v) is 14.2. The zero-order valence-corrected chi connectivity index (χ0v) is 27.0. The minimum atomic E-state index is -1.31. The molecule has 0 radical (unpaired) electrons. The van der Waals surface area contributed by atoms with E-state index in [0.717, 1.165) is 5.56 Å². The second-order valence-electron chi connectivity index (χ2n) is 14.2. The number of aliphatic hydroxyl groups excluding tert-OH is 1. The third-order valence-electron chi connectivity index (χ3n) is 12.1. The Morgan fingerprint density at radius 1 is 0.935 bits per heavy atom. The van der Waals surface area contributed by atoms with Gasteiger partial charge in [-0.2, -0.15) is 0 Å². The van der Waals surface area contributed by atoms with Gasteiger partial charge in [-0.1, -0.05) is 82.8 Å². The predicted octanol–water partition coefficient (Wildman–Crippen LogP) is 5.74. The SMILES string of the molecule is C=C1[C@@H](OC(=O)/C=C/c2ccccc2)CC[C@@]2(C)[C@@H](OC(=O)c3ccccc3)[C@H](O)[C@]34[C@H](C)C(=O)C[C@@H]([C@@H](OC(C)=O)[C@@]132)C4(C)C. The van der Waals surface area contributed by atoms with E-state index in [9.17, 15) is 24.3 Å². The van der Waals surface area contributed by atoms with E-state index in [0.29, 0.717) is 24.0 Å². The first-order chi connectivity index (χ1) is 21.7. The molecule has 8 heteroatoms. The standard InChI is InChI=1S/C38H42O8/c1-22-28(40)21-27-32(44-24(3)39)38-23(2)29(45-30(41)18-17-25-13-9-7-10-14-25)19-20-36(38,6)33(31(42)37(22,38)35(27,4)5)46-34(43)26-15-11-8-12-16-26/h7-18,22,27,29,31-33,42H,2,19-21H2,1,3-6H3/b18-17+/t22-,27+,29+,31+,32-,33+,36+,37+,38-/m1/s1. The van der Waals surface area contributed by atoms with E-state index >= 15 is 0 Å². The van der Waals surface area contributed by atoms with Crippen molar-refractivity contribution in [3.05, 3.63) is 90.0 Å². The molecule has 4 aliphatic carbocycles. The zero-order valence-electron chi connectivity index (χ0n) is 27.0. The number of ether oxygens (including phenoxy) is 3. The molecule has 1 N–H and O–H groups in total. The average Bonchev–Trinajstić information content (AvgIpc) is 3.26. The Balaban J connectivity index is 1.50. The number of rotatable bonds is 6. The summed E-state index contributed by atoms with van der Waals surface area (Å²) in [7, 11) is 0. The molecule has 4 saturated carbocycles. The summed E-state index contributed by atoms with van der Waals surface area (Å²) in [5.74, 6) is -2.93. The smallest absolute Gasteiger partial charge is 0.338 e. The highest BCUT2D eigenvalue weighted by molar-refractivity contribution is 5.90. The molecule has 0 amide bonds. The molecular formula is C38H42O8. The van der Waals surface area contributed by atoms with Gasteiger partial charge in [0.15, 0.2) is 0 Å². The number of benzene rings is 2. The van der Waals surface area contributed by atoms with Crippen LogP contribution in [0.1, 0.15) is 69.8 Å². The van der Waals surface area contributed by atoms with Crippen molar-refractivity contribution in [3.8, 4) is 0 Å². The first kappa shape index (κ1) is 31.9. The fourth-order valence-electron chi connectivity index (χ4n) is 10.5. The molecule has 0 heterocycles. The first-order valence-electron chi connectivity index (χ1n) is 16.0. The minimum absolute atomic E-state index is 0.0625. The molecule has 242 valence electrons. The molecule has 2 aromatic carbocycles. The Hall–Kier alpha value is -4.04. The molecular weight excluding hydrogens is 584 g/mol. The number of aliphatic hydroxyl groups is 1. The molecule has 2 bridgehead atoms.